The fourth-order valence-corrected chi connectivity index (χ4v) is 2.15. The molecule has 1 saturated heterocycles. The average molecular weight is 270 g/mol. The second-order valence-electron chi connectivity index (χ2n) is 4.06. The van der Waals surface area contributed by atoms with Crippen LogP contribution in [0.5, 0.6) is 5.75 Å². The zero-order chi connectivity index (χ0) is 13.3. The lowest BCUT2D eigenvalue weighted by Crippen LogP contribution is -2.26. The van der Waals surface area contributed by atoms with Crippen LogP contribution in [0.1, 0.15) is 6.42 Å². The lowest BCUT2D eigenvalue weighted by molar-refractivity contribution is -0.141. The van der Waals surface area contributed by atoms with E-state index in [0.29, 0.717) is 16.5 Å². The van der Waals surface area contributed by atoms with E-state index in [2.05, 4.69) is 0 Å². The van der Waals surface area contributed by atoms with Gasteiger partial charge in [-0.25, -0.2) is 0 Å². The van der Waals surface area contributed by atoms with E-state index in [1.54, 1.807) is 18.2 Å². The Labute approximate surface area is 109 Å². The number of aliphatic carboxylic acids is 1. The highest BCUT2D eigenvalue weighted by molar-refractivity contribution is 6.31. The highest BCUT2D eigenvalue weighted by Gasteiger charge is 2.36. The molecule has 0 saturated carbocycles. The summed E-state index contributed by atoms with van der Waals surface area (Å²) in [4.78, 5) is 24.1. The third-order valence-electron chi connectivity index (χ3n) is 2.91. The summed E-state index contributed by atoms with van der Waals surface area (Å²) >= 11 is 5.89. The molecule has 0 unspecified atom stereocenters. The van der Waals surface area contributed by atoms with Crippen molar-refractivity contribution in [2.75, 3.05) is 18.6 Å². The molecule has 18 heavy (non-hydrogen) atoms. The van der Waals surface area contributed by atoms with E-state index < -0.39 is 11.9 Å². The zero-order valence-corrected chi connectivity index (χ0v) is 10.5. The van der Waals surface area contributed by atoms with Crippen LogP contribution in [0.3, 0.4) is 0 Å². The minimum Gasteiger partial charge on any atom is -0.495 e. The van der Waals surface area contributed by atoms with Gasteiger partial charge in [0.05, 0.1) is 18.7 Å². The van der Waals surface area contributed by atoms with Crippen molar-refractivity contribution < 1.29 is 19.4 Å². The maximum absolute atomic E-state index is 11.8. The number of carbonyl (C=O) groups is 2. The van der Waals surface area contributed by atoms with E-state index in [0.717, 1.165) is 0 Å². The van der Waals surface area contributed by atoms with Gasteiger partial charge in [0, 0.05) is 18.0 Å². The molecule has 1 fully saturated rings. The molecule has 2 rings (SSSR count). The Morgan fingerprint density at radius 3 is 2.83 bits per heavy atom. The first-order valence-electron chi connectivity index (χ1n) is 5.39. The van der Waals surface area contributed by atoms with Crippen LogP contribution in [0.15, 0.2) is 18.2 Å². The Morgan fingerprint density at radius 2 is 2.28 bits per heavy atom. The summed E-state index contributed by atoms with van der Waals surface area (Å²) in [5.41, 5.74) is 0.513. The normalized spacial score (nSPS) is 19.1. The summed E-state index contributed by atoms with van der Waals surface area (Å²) in [5.74, 6) is -1.38. The van der Waals surface area contributed by atoms with Gasteiger partial charge < -0.3 is 14.7 Å². The average Bonchev–Trinajstić information content (AvgIpc) is 2.71. The summed E-state index contributed by atoms with van der Waals surface area (Å²) in [6.07, 6.45) is 0.00496. The van der Waals surface area contributed by atoms with Crippen LogP contribution in [0.4, 0.5) is 5.69 Å². The number of hydrogen-bond acceptors (Lipinski definition) is 3. The minimum atomic E-state index is -0.966. The SMILES string of the molecule is COc1ccc(Cl)cc1N1C[C@@H](C(=O)O)CC1=O. The van der Waals surface area contributed by atoms with E-state index in [1.807, 2.05) is 0 Å². The van der Waals surface area contributed by atoms with Gasteiger partial charge in [-0.15, -0.1) is 0 Å². The fraction of sp³-hybridized carbons (Fsp3) is 0.333. The first kappa shape index (κ1) is 12.7. The van der Waals surface area contributed by atoms with E-state index in [4.69, 9.17) is 21.4 Å². The molecular weight excluding hydrogens is 258 g/mol. The third-order valence-corrected chi connectivity index (χ3v) is 3.14. The van der Waals surface area contributed by atoms with E-state index >= 15 is 0 Å². The zero-order valence-electron chi connectivity index (χ0n) is 9.72. The molecule has 0 aromatic heterocycles. The Kier molecular flexibility index (Phi) is 3.43. The molecule has 6 heteroatoms. The second-order valence-corrected chi connectivity index (χ2v) is 4.50. The van der Waals surface area contributed by atoms with Crippen molar-refractivity contribution in [3.63, 3.8) is 0 Å². The molecule has 1 aliphatic rings. The molecule has 5 nitrogen and oxygen atoms in total. The highest BCUT2D eigenvalue weighted by Crippen LogP contribution is 2.35. The van der Waals surface area contributed by atoms with Crippen LogP contribution in [-0.4, -0.2) is 30.6 Å². The molecule has 1 atom stereocenters. The second kappa shape index (κ2) is 4.86. The number of amides is 1. The number of carboxylic acids is 1. The van der Waals surface area contributed by atoms with Crippen molar-refractivity contribution in [2.45, 2.75) is 6.42 Å². The molecule has 0 aliphatic carbocycles. The predicted octanol–water partition coefficient (Wildman–Crippen LogP) is 1.79. The van der Waals surface area contributed by atoms with Gasteiger partial charge >= 0.3 is 5.97 Å². The van der Waals surface area contributed by atoms with Gasteiger partial charge in [0.25, 0.3) is 0 Å². The maximum atomic E-state index is 11.8. The number of rotatable bonds is 3. The minimum absolute atomic E-state index is 0.00496. The number of hydrogen-bond donors (Lipinski definition) is 1. The number of carboxylic acid groups (broad SMARTS) is 1. The van der Waals surface area contributed by atoms with Crippen molar-refractivity contribution >= 4 is 29.2 Å². The summed E-state index contributed by atoms with van der Waals surface area (Å²) in [7, 11) is 1.49. The lowest BCUT2D eigenvalue weighted by Gasteiger charge is -2.19. The van der Waals surface area contributed by atoms with Gasteiger partial charge in [-0.3, -0.25) is 9.59 Å². The van der Waals surface area contributed by atoms with E-state index in [9.17, 15) is 9.59 Å². The van der Waals surface area contributed by atoms with Gasteiger partial charge in [0.15, 0.2) is 0 Å². The molecule has 1 amide bonds. The van der Waals surface area contributed by atoms with Gasteiger partial charge in [0.2, 0.25) is 5.91 Å². The molecule has 1 heterocycles. The molecule has 0 bridgehead atoms. The molecule has 0 spiro atoms. The largest absolute Gasteiger partial charge is 0.495 e. The van der Waals surface area contributed by atoms with Crippen molar-refractivity contribution in [2.24, 2.45) is 5.92 Å². The highest BCUT2D eigenvalue weighted by atomic mass is 35.5. The summed E-state index contributed by atoms with van der Waals surface area (Å²) in [6, 6.07) is 4.90. The van der Waals surface area contributed by atoms with Gasteiger partial charge in [-0.1, -0.05) is 11.6 Å². The number of ether oxygens (including phenoxy) is 1. The van der Waals surface area contributed by atoms with Crippen molar-refractivity contribution in [3.8, 4) is 5.75 Å². The molecule has 1 aliphatic heterocycles. The maximum Gasteiger partial charge on any atom is 0.308 e. The van der Waals surface area contributed by atoms with E-state index in [1.165, 1.54) is 12.0 Å². The molecular formula is C12H12ClNO4. The number of benzene rings is 1. The summed E-state index contributed by atoms with van der Waals surface area (Å²) in [5, 5.41) is 9.41. The Bertz CT molecular complexity index is 503. The van der Waals surface area contributed by atoms with Crippen LogP contribution in [0.25, 0.3) is 0 Å². The Balaban J connectivity index is 2.34. The quantitative estimate of drug-likeness (QED) is 0.908. The van der Waals surface area contributed by atoms with Gasteiger partial charge in [-0.2, -0.15) is 0 Å². The lowest BCUT2D eigenvalue weighted by atomic mass is 10.1. The number of methoxy groups -OCH3 is 1. The number of halogens is 1. The Morgan fingerprint density at radius 1 is 1.56 bits per heavy atom. The van der Waals surface area contributed by atoms with Crippen molar-refractivity contribution in [1.29, 1.82) is 0 Å². The smallest absolute Gasteiger partial charge is 0.308 e. The van der Waals surface area contributed by atoms with Crippen molar-refractivity contribution in [1.82, 2.24) is 0 Å². The molecule has 1 N–H and O–H groups in total. The van der Waals surface area contributed by atoms with Gasteiger partial charge in [-0.05, 0) is 18.2 Å². The first-order valence-corrected chi connectivity index (χ1v) is 5.77. The fourth-order valence-electron chi connectivity index (χ4n) is 1.98. The van der Waals surface area contributed by atoms with Crippen LogP contribution in [0.2, 0.25) is 5.02 Å². The number of anilines is 1. The third kappa shape index (κ3) is 2.26. The van der Waals surface area contributed by atoms with Crippen LogP contribution in [0, 0.1) is 5.92 Å². The van der Waals surface area contributed by atoms with Crippen molar-refractivity contribution in [3.05, 3.63) is 23.2 Å². The summed E-state index contributed by atoms with van der Waals surface area (Å²) in [6.45, 7) is 0.144. The van der Waals surface area contributed by atoms with Gasteiger partial charge in [0.1, 0.15) is 5.75 Å². The predicted molar refractivity (Wildman–Crippen MR) is 66.1 cm³/mol. The topological polar surface area (TPSA) is 66.8 Å². The molecule has 1 aromatic carbocycles. The van der Waals surface area contributed by atoms with Crippen LogP contribution < -0.4 is 9.64 Å². The molecule has 96 valence electrons. The number of carbonyl (C=O) groups excluding carboxylic acids is 1. The van der Waals surface area contributed by atoms with Crippen LogP contribution >= 0.6 is 11.6 Å². The monoisotopic (exact) mass is 269 g/mol. The van der Waals surface area contributed by atoms with Crippen LogP contribution in [-0.2, 0) is 9.59 Å². The van der Waals surface area contributed by atoms with E-state index in [-0.39, 0.29) is 18.9 Å². The molecule has 1 aromatic rings. The Hall–Kier alpha value is -1.75. The number of nitrogens with zero attached hydrogens (tertiary/aromatic N) is 1. The summed E-state index contributed by atoms with van der Waals surface area (Å²) < 4.78 is 5.16. The molecule has 0 radical (unpaired) electrons. The first-order chi connectivity index (χ1) is 8.52. The standard InChI is InChI=1S/C12H12ClNO4/c1-18-10-3-2-8(13)5-9(10)14-6-7(12(16)17)4-11(14)15/h2-3,5,7H,4,6H2,1H3,(H,16,17)/t7-/m0/s1.